The van der Waals surface area contributed by atoms with E-state index >= 15 is 0 Å². The number of rotatable bonds is 8. The van der Waals surface area contributed by atoms with E-state index in [9.17, 15) is 18.4 Å². The number of carbonyl (C=O) groups excluding carboxylic acids is 1. The van der Waals surface area contributed by atoms with Gasteiger partial charge in [-0.05, 0) is 35.7 Å². The Morgan fingerprint density at radius 2 is 1.59 bits per heavy atom. The van der Waals surface area contributed by atoms with Gasteiger partial charge in [-0.15, -0.1) is 12.4 Å². The lowest BCUT2D eigenvalue weighted by Crippen LogP contribution is -2.51. The van der Waals surface area contributed by atoms with Crippen molar-refractivity contribution in [1.82, 2.24) is 9.79 Å². The number of benzene rings is 2. The van der Waals surface area contributed by atoms with Crippen LogP contribution in [-0.4, -0.2) is 44.0 Å². The summed E-state index contributed by atoms with van der Waals surface area (Å²) in [6.45, 7) is 3.49. The van der Waals surface area contributed by atoms with Crippen molar-refractivity contribution in [3.8, 4) is 0 Å². The lowest BCUT2D eigenvalue weighted by Gasteiger charge is -2.32. The number of hydrogen-bond acceptors (Lipinski definition) is 5. The van der Waals surface area contributed by atoms with Crippen LogP contribution < -0.4 is 10.4 Å². The van der Waals surface area contributed by atoms with E-state index in [4.69, 9.17) is 0 Å². The predicted molar refractivity (Wildman–Crippen MR) is 116 cm³/mol. The quantitative estimate of drug-likeness (QED) is 0.485. The molecule has 0 aliphatic carbocycles. The molecule has 160 valence electrons. The Labute approximate surface area is 178 Å². The van der Waals surface area contributed by atoms with Crippen molar-refractivity contribution in [1.29, 1.82) is 0 Å². The molecule has 2 N–H and O–H groups in total. The summed E-state index contributed by atoms with van der Waals surface area (Å²) in [4.78, 5) is 14.3. The summed E-state index contributed by atoms with van der Waals surface area (Å²) in [6.07, 6.45) is 0. The van der Waals surface area contributed by atoms with E-state index in [1.807, 2.05) is 37.2 Å². The number of hydroxylamine groups is 1. The molecule has 0 radical (unpaired) electrons. The summed E-state index contributed by atoms with van der Waals surface area (Å²) in [7, 11) is -0.265. The number of sulfonamides is 1. The van der Waals surface area contributed by atoms with Gasteiger partial charge in [0, 0.05) is 26.3 Å². The Morgan fingerprint density at radius 1 is 1.03 bits per heavy atom. The summed E-state index contributed by atoms with van der Waals surface area (Å²) in [5.41, 5.74) is 3.21. The van der Waals surface area contributed by atoms with Crippen LogP contribution in [0.2, 0.25) is 0 Å². The normalized spacial score (nSPS) is 12.4. The van der Waals surface area contributed by atoms with Gasteiger partial charge in [0.15, 0.2) is 0 Å². The first-order valence-corrected chi connectivity index (χ1v) is 10.4. The van der Waals surface area contributed by atoms with E-state index in [0.717, 1.165) is 15.6 Å². The first-order chi connectivity index (χ1) is 13.2. The summed E-state index contributed by atoms with van der Waals surface area (Å²) >= 11 is 0. The maximum absolute atomic E-state index is 13.4. The predicted octanol–water partition coefficient (Wildman–Crippen LogP) is 2.90. The number of carbonyl (C=O) groups is 1. The van der Waals surface area contributed by atoms with Gasteiger partial charge in [0.2, 0.25) is 10.0 Å². The molecule has 0 heterocycles. The third kappa shape index (κ3) is 5.93. The van der Waals surface area contributed by atoms with Gasteiger partial charge in [-0.25, -0.2) is 13.9 Å². The molecule has 0 bridgehead atoms. The first-order valence-electron chi connectivity index (χ1n) is 8.95. The van der Waals surface area contributed by atoms with Crippen LogP contribution in [0, 0.1) is 5.92 Å². The second kappa shape index (κ2) is 10.6. The minimum Gasteiger partial charge on any atom is -0.378 e. The highest BCUT2D eigenvalue weighted by molar-refractivity contribution is 7.89. The fourth-order valence-electron chi connectivity index (χ4n) is 2.98. The molecule has 9 heteroatoms. The van der Waals surface area contributed by atoms with Crippen molar-refractivity contribution in [3.05, 3.63) is 60.2 Å². The molecule has 1 amide bonds. The molecule has 0 aliphatic heterocycles. The summed E-state index contributed by atoms with van der Waals surface area (Å²) < 4.78 is 28.0. The molecule has 1 atom stereocenters. The molecule has 0 spiro atoms. The maximum atomic E-state index is 13.4. The fraction of sp³-hybridized carbons (Fsp3) is 0.350. The van der Waals surface area contributed by atoms with Crippen LogP contribution in [0.15, 0.2) is 59.5 Å². The number of hydrogen-bond donors (Lipinski definition) is 2. The van der Waals surface area contributed by atoms with Crippen molar-refractivity contribution in [3.63, 3.8) is 0 Å². The highest BCUT2D eigenvalue weighted by Crippen LogP contribution is 2.26. The second-order valence-electron chi connectivity index (χ2n) is 7.09. The van der Waals surface area contributed by atoms with Gasteiger partial charge in [0.25, 0.3) is 5.91 Å². The number of nitrogens with zero attached hydrogens (tertiary/aromatic N) is 2. The third-order valence-electron chi connectivity index (χ3n) is 4.46. The second-order valence-corrected chi connectivity index (χ2v) is 8.98. The zero-order valence-electron chi connectivity index (χ0n) is 16.9. The Kier molecular flexibility index (Phi) is 9.10. The van der Waals surface area contributed by atoms with E-state index in [-0.39, 0.29) is 29.8 Å². The molecule has 0 saturated heterocycles. The van der Waals surface area contributed by atoms with Gasteiger partial charge < -0.3 is 4.90 Å². The third-order valence-corrected chi connectivity index (χ3v) is 6.30. The fourth-order valence-corrected chi connectivity index (χ4v) is 4.69. The van der Waals surface area contributed by atoms with Crippen molar-refractivity contribution >= 4 is 34.0 Å². The van der Waals surface area contributed by atoms with E-state index in [1.54, 1.807) is 43.6 Å². The summed E-state index contributed by atoms with van der Waals surface area (Å²) in [6, 6.07) is 14.5. The molecule has 0 aliphatic rings. The molecule has 2 aromatic rings. The summed E-state index contributed by atoms with van der Waals surface area (Å²) in [5, 5.41) is 9.18. The largest absolute Gasteiger partial charge is 0.378 e. The first kappa shape index (κ1) is 24.9. The van der Waals surface area contributed by atoms with Crippen LogP contribution in [-0.2, 0) is 21.4 Å². The van der Waals surface area contributed by atoms with Crippen LogP contribution in [0.1, 0.15) is 19.4 Å². The molecule has 7 nitrogen and oxygen atoms in total. The van der Waals surface area contributed by atoms with E-state index in [1.165, 1.54) is 12.1 Å². The van der Waals surface area contributed by atoms with Crippen LogP contribution >= 0.6 is 12.4 Å². The van der Waals surface area contributed by atoms with Gasteiger partial charge in [-0.2, -0.15) is 4.31 Å². The molecular weight excluding hydrogens is 414 g/mol. The zero-order valence-corrected chi connectivity index (χ0v) is 18.6. The highest BCUT2D eigenvalue weighted by atomic mass is 35.5. The highest BCUT2D eigenvalue weighted by Gasteiger charge is 2.38. The van der Waals surface area contributed by atoms with Gasteiger partial charge in [-0.1, -0.05) is 44.2 Å². The molecule has 0 saturated carbocycles. The number of amides is 1. The average Bonchev–Trinajstić information content (AvgIpc) is 2.67. The lowest BCUT2D eigenvalue weighted by atomic mass is 10.0. The molecule has 29 heavy (non-hydrogen) atoms. The molecule has 2 rings (SSSR count). The van der Waals surface area contributed by atoms with Crippen LogP contribution in [0.25, 0.3) is 0 Å². The topological polar surface area (TPSA) is 90.0 Å². The van der Waals surface area contributed by atoms with E-state index in [2.05, 4.69) is 0 Å². The zero-order chi connectivity index (χ0) is 20.9. The van der Waals surface area contributed by atoms with Gasteiger partial charge in [-0.3, -0.25) is 10.0 Å². The van der Waals surface area contributed by atoms with Crippen LogP contribution in [0.5, 0.6) is 0 Å². The van der Waals surface area contributed by atoms with Crippen molar-refractivity contribution in [2.75, 3.05) is 19.0 Å². The minimum absolute atomic E-state index is 0. The molecule has 0 aromatic heterocycles. The van der Waals surface area contributed by atoms with Crippen LogP contribution in [0.4, 0.5) is 5.69 Å². The van der Waals surface area contributed by atoms with Gasteiger partial charge >= 0.3 is 0 Å². The minimum atomic E-state index is -4.00. The summed E-state index contributed by atoms with van der Waals surface area (Å²) in [5.74, 6) is -1.12. The Morgan fingerprint density at radius 3 is 2.03 bits per heavy atom. The van der Waals surface area contributed by atoms with E-state index in [0.29, 0.717) is 0 Å². The molecule has 0 fully saturated rings. The van der Waals surface area contributed by atoms with Crippen molar-refractivity contribution in [2.24, 2.45) is 5.92 Å². The standard InChI is InChI=1S/C20H27N3O4S.ClH/c1-15(2)19(20(24)21-25)23(14-16-8-6-5-7-9-16)28(26,27)18-12-10-17(11-13-18)22(3)4;/h5-13,15,19,25H,14H2,1-4H3,(H,21,24);1H/t19-;/m1./s1. The SMILES string of the molecule is CC(C)[C@H](C(=O)NO)N(Cc1ccccc1)S(=O)(=O)c1ccc(N(C)C)cc1.Cl. The lowest BCUT2D eigenvalue weighted by molar-refractivity contribution is -0.134. The Hall–Kier alpha value is -2.13. The number of anilines is 1. The maximum Gasteiger partial charge on any atom is 0.262 e. The Bertz CT molecular complexity index is 888. The smallest absolute Gasteiger partial charge is 0.262 e. The van der Waals surface area contributed by atoms with E-state index < -0.39 is 22.0 Å². The van der Waals surface area contributed by atoms with Crippen LogP contribution in [0.3, 0.4) is 0 Å². The molecular formula is C20H28ClN3O4S. The Balaban J connectivity index is 0.00000420. The van der Waals surface area contributed by atoms with Crippen molar-refractivity contribution < 1.29 is 18.4 Å². The van der Waals surface area contributed by atoms with Gasteiger partial charge in [0.1, 0.15) is 6.04 Å². The van der Waals surface area contributed by atoms with Gasteiger partial charge in [0.05, 0.1) is 4.90 Å². The number of halogens is 1. The average molecular weight is 442 g/mol. The monoisotopic (exact) mass is 441 g/mol. The van der Waals surface area contributed by atoms with Crippen molar-refractivity contribution in [2.45, 2.75) is 31.3 Å². The number of nitrogens with one attached hydrogen (secondary N) is 1. The molecule has 2 aromatic carbocycles. The molecule has 0 unspecified atom stereocenters.